The number of fused-ring (bicyclic) bond motifs is 1. The number of hydrogen-bond donors (Lipinski definition) is 1. The smallest absolute Gasteiger partial charge is 0.339 e. The van der Waals surface area contributed by atoms with Crippen LogP contribution in [0.5, 0.6) is 0 Å². The molecule has 1 saturated carbocycles. The van der Waals surface area contributed by atoms with Gasteiger partial charge in [-0.3, -0.25) is 4.79 Å². The molecule has 1 amide bonds. The number of ether oxygens (including phenoxy) is 1. The third-order valence-electron chi connectivity index (χ3n) is 4.98. The van der Waals surface area contributed by atoms with Gasteiger partial charge >= 0.3 is 5.97 Å². The lowest BCUT2D eigenvalue weighted by molar-refractivity contribution is -0.124. The number of esters is 1. The number of nitrogens with zero attached hydrogens (tertiary/aromatic N) is 1. The average molecular weight is 378 g/mol. The number of aryl methyl sites for hydroxylation is 1. The molecule has 4 rings (SSSR count). The van der Waals surface area contributed by atoms with Crippen molar-refractivity contribution in [2.24, 2.45) is 5.92 Å². The largest absolute Gasteiger partial charge is 0.460 e. The lowest BCUT2D eigenvalue weighted by atomic mass is 10.1. The van der Waals surface area contributed by atoms with E-state index >= 15 is 0 Å². The predicted molar refractivity (Wildman–Crippen MR) is 105 cm³/mol. The van der Waals surface area contributed by atoms with E-state index in [4.69, 9.17) is 9.15 Å². The van der Waals surface area contributed by atoms with Crippen LogP contribution in [0.2, 0.25) is 0 Å². The molecule has 28 heavy (non-hydrogen) atoms. The Balaban J connectivity index is 1.56. The number of carbonyl (C=O) groups excluding carboxylic acids is 2. The van der Waals surface area contributed by atoms with E-state index in [2.05, 4.69) is 10.3 Å². The van der Waals surface area contributed by atoms with E-state index in [1.807, 2.05) is 50.2 Å². The first-order valence-electron chi connectivity index (χ1n) is 9.44. The summed E-state index contributed by atoms with van der Waals surface area (Å²) in [7, 11) is 0. The van der Waals surface area contributed by atoms with Crippen LogP contribution < -0.4 is 5.32 Å². The molecule has 1 aliphatic rings. The zero-order chi connectivity index (χ0) is 19.7. The molecule has 3 aromatic rings. The first-order valence-corrected chi connectivity index (χ1v) is 9.44. The molecule has 2 aromatic heterocycles. The molecule has 0 bridgehead atoms. The Labute approximate surface area is 162 Å². The summed E-state index contributed by atoms with van der Waals surface area (Å²) in [6, 6.07) is 12.7. The first-order chi connectivity index (χ1) is 13.5. The number of amides is 1. The van der Waals surface area contributed by atoms with Gasteiger partial charge in [-0.25, -0.2) is 9.78 Å². The number of para-hydroxylation sites is 1. The third-order valence-corrected chi connectivity index (χ3v) is 4.98. The summed E-state index contributed by atoms with van der Waals surface area (Å²) in [6.07, 6.45) is 2.28. The van der Waals surface area contributed by atoms with Crippen LogP contribution in [0, 0.1) is 12.8 Å². The van der Waals surface area contributed by atoms with E-state index in [0.29, 0.717) is 33.8 Å². The zero-order valence-corrected chi connectivity index (χ0v) is 15.9. The van der Waals surface area contributed by atoms with E-state index in [0.717, 1.165) is 18.6 Å². The monoisotopic (exact) mass is 378 g/mol. The van der Waals surface area contributed by atoms with Crippen LogP contribution in [0.1, 0.15) is 35.9 Å². The van der Waals surface area contributed by atoms with E-state index in [-0.39, 0.29) is 18.6 Å². The minimum Gasteiger partial charge on any atom is -0.460 e. The average Bonchev–Trinajstić information content (AvgIpc) is 3.46. The number of furan rings is 1. The van der Waals surface area contributed by atoms with E-state index in [9.17, 15) is 9.59 Å². The standard InChI is InChI=1S/C22H22N2O4/c1-13-7-10-20(28-13)19-11-17(16-5-3-4-6-18(16)24-19)22(26)27-12-21(25)23-14(2)15-8-9-15/h3-7,10-11,14-15H,8-9,12H2,1-2H3,(H,23,25)/t14-/m0/s1. The molecule has 0 radical (unpaired) electrons. The summed E-state index contributed by atoms with van der Waals surface area (Å²) in [5, 5.41) is 3.55. The fourth-order valence-electron chi connectivity index (χ4n) is 3.26. The molecule has 0 spiro atoms. The normalized spacial score (nSPS) is 14.6. The van der Waals surface area contributed by atoms with Gasteiger partial charge in [0.1, 0.15) is 11.5 Å². The molecule has 1 atom stereocenters. The highest BCUT2D eigenvalue weighted by atomic mass is 16.5. The third kappa shape index (κ3) is 3.91. The van der Waals surface area contributed by atoms with Gasteiger partial charge in [0, 0.05) is 11.4 Å². The molecule has 0 aliphatic heterocycles. The fraction of sp³-hybridized carbons (Fsp3) is 0.318. The van der Waals surface area contributed by atoms with Crippen LogP contribution in [-0.4, -0.2) is 29.5 Å². The number of aromatic nitrogens is 1. The Morgan fingerprint density at radius 3 is 2.75 bits per heavy atom. The van der Waals surface area contributed by atoms with Crippen LogP contribution in [-0.2, 0) is 9.53 Å². The van der Waals surface area contributed by atoms with E-state index in [1.54, 1.807) is 6.07 Å². The van der Waals surface area contributed by atoms with Crippen molar-refractivity contribution in [1.29, 1.82) is 0 Å². The summed E-state index contributed by atoms with van der Waals surface area (Å²) >= 11 is 0. The van der Waals surface area contributed by atoms with Crippen molar-refractivity contribution in [2.75, 3.05) is 6.61 Å². The lowest BCUT2D eigenvalue weighted by Gasteiger charge is -2.13. The number of rotatable bonds is 6. The van der Waals surface area contributed by atoms with Crippen LogP contribution in [0.4, 0.5) is 0 Å². The Morgan fingerprint density at radius 1 is 1.25 bits per heavy atom. The zero-order valence-electron chi connectivity index (χ0n) is 15.9. The molecular formula is C22H22N2O4. The fourth-order valence-corrected chi connectivity index (χ4v) is 3.26. The van der Waals surface area contributed by atoms with Crippen LogP contribution in [0.3, 0.4) is 0 Å². The highest BCUT2D eigenvalue weighted by molar-refractivity contribution is 6.05. The quantitative estimate of drug-likeness (QED) is 0.659. The number of hydrogen-bond acceptors (Lipinski definition) is 5. The Bertz CT molecular complexity index is 1040. The van der Waals surface area contributed by atoms with Crippen molar-refractivity contribution in [3.63, 3.8) is 0 Å². The van der Waals surface area contributed by atoms with Gasteiger partial charge in [-0.1, -0.05) is 18.2 Å². The molecule has 1 N–H and O–H groups in total. The number of pyridine rings is 1. The number of benzene rings is 1. The van der Waals surface area contributed by atoms with E-state index < -0.39 is 5.97 Å². The maximum atomic E-state index is 12.7. The van der Waals surface area contributed by atoms with Crippen LogP contribution in [0.15, 0.2) is 46.9 Å². The van der Waals surface area contributed by atoms with Gasteiger partial charge in [0.2, 0.25) is 0 Å². The van der Waals surface area contributed by atoms with Gasteiger partial charge in [0.15, 0.2) is 12.4 Å². The topological polar surface area (TPSA) is 81.4 Å². The van der Waals surface area contributed by atoms with Gasteiger partial charge < -0.3 is 14.5 Å². The molecule has 6 nitrogen and oxygen atoms in total. The summed E-state index contributed by atoms with van der Waals surface area (Å²) < 4.78 is 10.9. The number of nitrogens with one attached hydrogen (secondary N) is 1. The summed E-state index contributed by atoms with van der Waals surface area (Å²) in [6.45, 7) is 3.52. The second-order valence-corrected chi connectivity index (χ2v) is 7.25. The second-order valence-electron chi connectivity index (χ2n) is 7.25. The Kier molecular flexibility index (Phi) is 4.86. The molecule has 6 heteroatoms. The summed E-state index contributed by atoms with van der Waals surface area (Å²) in [4.78, 5) is 29.4. The van der Waals surface area contributed by atoms with Crippen molar-refractivity contribution in [2.45, 2.75) is 32.7 Å². The van der Waals surface area contributed by atoms with Crippen molar-refractivity contribution in [1.82, 2.24) is 10.3 Å². The summed E-state index contributed by atoms with van der Waals surface area (Å²) in [5.74, 6) is 1.04. The van der Waals surface area contributed by atoms with Gasteiger partial charge in [-0.05, 0) is 56.9 Å². The Hall–Kier alpha value is -3.15. The molecule has 1 fully saturated rings. The van der Waals surface area contributed by atoms with Gasteiger partial charge in [0.25, 0.3) is 5.91 Å². The van der Waals surface area contributed by atoms with Crippen molar-refractivity contribution < 1.29 is 18.7 Å². The minimum absolute atomic E-state index is 0.113. The van der Waals surface area contributed by atoms with Crippen LogP contribution in [0.25, 0.3) is 22.4 Å². The molecule has 144 valence electrons. The SMILES string of the molecule is Cc1ccc(-c2cc(C(=O)OCC(=O)N[C@@H](C)C3CC3)c3ccccc3n2)o1. The van der Waals surface area contributed by atoms with Gasteiger partial charge in [0.05, 0.1) is 11.1 Å². The van der Waals surface area contributed by atoms with Crippen molar-refractivity contribution in [3.8, 4) is 11.5 Å². The molecule has 1 aromatic carbocycles. The van der Waals surface area contributed by atoms with Crippen molar-refractivity contribution >= 4 is 22.8 Å². The minimum atomic E-state index is -0.558. The molecule has 0 unspecified atom stereocenters. The molecule has 2 heterocycles. The van der Waals surface area contributed by atoms with Gasteiger partial charge in [-0.2, -0.15) is 0 Å². The lowest BCUT2D eigenvalue weighted by Crippen LogP contribution is -2.37. The molecule has 0 saturated heterocycles. The Morgan fingerprint density at radius 2 is 2.04 bits per heavy atom. The summed E-state index contributed by atoms with van der Waals surface area (Å²) in [5.41, 5.74) is 1.57. The highest BCUT2D eigenvalue weighted by Crippen LogP contribution is 2.32. The molecule has 1 aliphatic carbocycles. The maximum Gasteiger partial charge on any atom is 0.339 e. The van der Waals surface area contributed by atoms with Crippen molar-refractivity contribution in [3.05, 3.63) is 53.8 Å². The maximum absolute atomic E-state index is 12.7. The van der Waals surface area contributed by atoms with Gasteiger partial charge in [-0.15, -0.1) is 0 Å². The van der Waals surface area contributed by atoms with E-state index in [1.165, 1.54) is 0 Å². The second kappa shape index (κ2) is 7.46. The highest BCUT2D eigenvalue weighted by Gasteiger charge is 2.29. The number of carbonyl (C=O) groups is 2. The predicted octanol–water partition coefficient (Wildman–Crippen LogP) is 3.87. The van der Waals surface area contributed by atoms with Crippen LogP contribution >= 0.6 is 0 Å². The first kappa shape index (κ1) is 18.2. The molecular weight excluding hydrogens is 356 g/mol.